The van der Waals surface area contributed by atoms with Gasteiger partial charge in [-0.2, -0.15) is 0 Å². The summed E-state index contributed by atoms with van der Waals surface area (Å²) in [5.74, 6) is -0.614. The fourth-order valence-corrected chi connectivity index (χ4v) is 3.22. The first-order valence-electron chi connectivity index (χ1n) is 7.27. The number of amides is 2. The van der Waals surface area contributed by atoms with Crippen LogP contribution in [0.1, 0.15) is 15.4 Å². The van der Waals surface area contributed by atoms with Crippen molar-refractivity contribution in [2.24, 2.45) is 0 Å². The van der Waals surface area contributed by atoms with Crippen LogP contribution in [0.3, 0.4) is 0 Å². The molecule has 3 rings (SSSR count). The first kappa shape index (κ1) is 16.4. The molecule has 0 bridgehead atoms. The minimum absolute atomic E-state index is 0.101. The summed E-state index contributed by atoms with van der Waals surface area (Å²) < 4.78 is 1.08. The number of para-hydroxylation sites is 1. The maximum Gasteiger partial charge on any atom is 0.251 e. The number of fused-ring (bicyclic) bond motifs is 1. The summed E-state index contributed by atoms with van der Waals surface area (Å²) in [4.78, 5) is 28.2. The zero-order valence-electron chi connectivity index (χ0n) is 12.6. The number of nitrogens with zero attached hydrogens (tertiary/aromatic N) is 1. The molecule has 0 aliphatic carbocycles. The van der Waals surface area contributed by atoms with E-state index in [2.05, 4.69) is 15.6 Å². The monoisotopic (exact) mass is 359 g/mol. The van der Waals surface area contributed by atoms with Crippen LogP contribution in [-0.2, 0) is 11.3 Å². The van der Waals surface area contributed by atoms with Gasteiger partial charge in [0.1, 0.15) is 5.01 Å². The smallest absolute Gasteiger partial charge is 0.251 e. The van der Waals surface area contributed by atoms with Gasteiger partial charge in [0.2, 0.25) is 5.91 Å². The molecule has 1 aromatic heterocycles. The van der Waals surface area contributed by atoms with E-state index in [0.717, 1.165) is 15.2 Å². The zero-order valence-corrected chi connectivity index (χ0v) is 14.2. The van der Waals surface area contributed by atoms with E-state index in [9.17, 15) is 9.59 Å². The predicted molar refractivity (Wildman–Crippen MR) is 95.3 cm³/mol. The van der Waals surface area contributed by atoms with Crippen LogP contribution < -0.4 is 10.6 Å². The number of thiazole rings is 1. The molecule has 0 saturated heterocycles. The van der Waals surface area contributed by atoms with E-state index in [1.807, 2.05) is 24.3 Å². The van der Waals surface area contributed by atoms with Crippen LogP contribution in [0.25, 0.3) is 10.2 Å². The molecule has 3 aromatic rings. The van der Waals surface area contributed by atoms with Crippen LogP contribution in [0.15, 0.2) is 48.5 Å². The van der Waals surface area contributed by atoms with Gasteiger partial charge in [-0.3, -0.25) is 9.59 Å². The normalized spacial score (nSPS) is 10.5. The van der Waals surface area contributed by atoms with Gasteiger partial charge in [-0.1, -0.05) is 29.8 Å². The van der Waals surface area contributed by atoms with Crippen molar-refractivity contribution in [3.05, 3.63) is 64.1 Å². The standard InChI is InChI=1S/C17H14ClN3O2S/c18-12-5-3-4-11(8-12)17(23)20-9-15(22)19-10-16-21-13-6-1-2-7-14(13)24-16/h1-8H,9-10H2,(H,19,22)(H,20,23). The highest BCUT2D eigenvalue weighted by Gasteiger charge is 2.09. The van der Waals surface area contributed by atoms with Gasteiger partial charge < -0.3 is 10.6 Å². The van der Waals surface area contributed by atoms with Crippen molar-refractivity contribution in [1.82, 2.24) is 15.6 Å². The molecule has 2 N–H and O–H groups in total. The van der Waals surface area contributed by atoms with E-state index in [0.29, 0.717) is 17.1 Å². The third kappa shape index (κ3) is 4.10. The number of benzene rings is 2. The highest BCUT2D eigenvalue weighted by molar-refractivity contribution is 7.18. The van der Waals surface area contributed by atoms with Gasteiger partial charge in [0.05, 0.1) is 23.3 Å². The Morgan fingerprint density at radius 2 is 1.92 bits per heavy atom. The van der Waals surface area contributed by atoms with Crippen LogP contribution in [-0.4, -0.2) is 23.3 Å². The van der Waals surface area contributed by atoms with Gasteiger partial charge in [-0.25, -0.2) is 4.98 Å². The van der Waals surface area contributed by atoms with Gasteiger partial charge in [0, 0.05) is 10.6 Å². The Kier molecular flexibility index (Phi) is 5.08. The van der Waals surface area contributed by atoms with Gasteiger partial charge in [-0.15, -0.1) is 11.3 Å². The van der Waals surface area contributed by atoms with Crippen LogP contribution in [0.2, 0.25) is 5.02 Å². The second-order valence-corrected chi connectivity index (χ2v) is 6.60. The highest BCUT2D eigenvalue weighted by Crippen LogP contribution is 2.21. The zero-order chi connectivity index (χ0) is 16.9. The summed E-state index contributed by atoms with van der Waals surface area (Å²) in [6.45, 7) is 0.238. The van der Waals surface area contributed by atoms with E-state index in [1.165, 1.54) is 11.3 Å². The largest absolute Gasteiger partial charge is 0.348 e. The molecule has 7 heteroatoms. The molecule has 2 aromatic carbocycles. The van der Waals surface area contributed by atoms with Gasteiger partial charge in [-0.05, 0) is 30.3 Å². The summed E-state index contributed by atoms with van der Waals surface area (Å²) in [5, 5.41) is 6.61. The molecular formula is C17H14ClN3O2S. The predicted octanol–water partition coefficient (Wildman–Crippen LogP) is 3.00. The third-order valence-corrected chi connectivity index (χ3v) is 4.54. The summed E-state index contributed by atoms with van der Waals surface area (Å²) in [7, 11) is 0. The quantitative estimate of drug-likeness (QED) is 0.735. The fraction of sp³-hybridized carbons (Fsp3) is 0.118. The van der Waals surface area contributed by atoms with Crippen molar-refractivity contribution in [1.29, 1.82) is 0 Å². The molecular weight excluding hydrogens is 346 g/mol. The first-order chi connectivity index (χ1) is 11.6. The number of halogens is 1. The number of hydrogen-bond acceptors (Lipinski definition) is 4. The topological polar surface area (TPSA) is 71.1 Å². The maximum atomic E-state index is 11.9. The number of nitrogens with one attached hydrogen (secondary N) is 2. The van der Waals surface area contributed by atoms with Crippen molar-refractivity contribution in [3.63, 3.8) is 0 Å². The molecule has 0 unspecified atom stereocenters. The van der Waals surface area contributed by atoms with E-state index in [-0.39, 0.29) is 18.4 Å². The second kappa shape index (κ2) is 7.42. The molecule has 2 amide bonds. The van der Waals surface area contributed by atoms with Crippen molar-refractivity contribution >= 4 is 45.0 Å². The molecule has 1 heterocycles. The number of aromatic nitrogens is 1. The van der Waals surface area contributed by atoms with Crippen molar-refractivity contribution < 1.29 is 9.59 Å². The number of rotatable bonds is 5. The van der Waals surface area contributed by atoms with Gasteiger partial charge in [0.15, 0.2) is 0 Å². The van der Waals surface area contributed by atoms with Crippen LogP contribution in [0.5, 0.6) is 0 Å². The summed E-state index contributed by atoms with van der Waals surface area (Å²) >= 11 is 7.37. The fourth-order valence-electron chi connectivity index (χ4n) is 2.12. The lowest BCUT2D eigenvalue weighted by atomic mass is 10.2. The molecule has 0 atom stereocenters. The molecule has 5 nitrogen and oxygen atoms in total. The Bertz CT molecular complexity index is 861. The average Bonchev–Trinajstić information content (AvgIpc) is 3.00. The highest BCUT2D eigenvalue weighted by atomic mass is 35.5. The lowest BCUT2D eigenvalue weighted by Crippen LogP contribution is -2.36. The van der Waals surface area contributed by atoms with E-state index < -0.39 is 0 Å². The maximum absolute atomic E-state index is 11.9. The van der Waals surface area contributed by atoms with E-state index >= 15 is 0 Å². The Morgan fingerprint density at radius 3 is 2.71 bits per heavy atom. The Morgan fingerprint density at radius 1 is 1.08 bits per heavy atom. The Balaban J connectivity index is 1.49. The lowest BCUT2D eigenvalue weighted by Gasteiger charge is -2.06. The van der Waals surface area contributed by atoms with Crippen molar-refractivity contribution in [3.8, 4) is 0 Å². The summed E-state index contributed by atoms with van der Waals surface area (Å²) in [6.07, 6.45) is 0. The van der Waals surface area contributed by atoms with Gasteiger partial charge in [0.25, 0.3) is 5.91 Å². The average molecular weight is 360 g/mol. The minimum atomic E-state index is -0.340. The van der Waals surface area contributed by atoms with E-state index in [4.69, 9.17) is 11.6 Å². The lowest BCUT2D eigenvalue weighted by molar-refractivity contribution is -0.120. The molecule has 0 radical (unpaired) electrons. The third-order valence-electron chi connectivity index (χ3n) is 3.27. The van der Waals surface area contributed by atoms with Gasteiger partial charge >= 0.3 is 0 Å². The van der Waals surface area contributed by atoms with Crippen LogP contribution >= 0.6 is 22.9 Å². The molecule has 24 heavy (non-hydrogen) atoms. The van der Waals surface area contributed by atoms with Crippen molar-refractivity contribution in [2.75, 3.05) is 6.54 Å². The van der Waals surface area contributed by atoms with Crippen LogP contribution in [0, 0.1) is 0 Å². The molecule has 0 saturated carbocycles. The summed E-state index contributed by atoms with van der Waals surface area (Å²) in [6, 6.07) is 14.4. The van der Waals surface area contributed by atoms with Crippen LogP contribution in [0.4, 0.5) is 0 Å². The number of carbonyl (C=O) groups is 2. The minimum Gasteiger partial charge on any atom is -0.348 e. The molecule has 0 fully saturated rings. The molecule has 122 valence electrons. The molecule has 0 aliphatic heterocycles. The number of carbonyl (C=O) groups excluding carboxylic acids is 2. The second-order valence-electron chi connectivity index (χ2n) is 5.05. The number of hydrogen-bond donors (Lipinski definition) is 2. The SMILES string of the molecule is O=C(CNC(=O)c1cccc(Cl)c1)NCc1nc2ccccc2s1. The first-order valence-corrected chi connectivity index (χ1v) is 8.46. The molecule has 0 spiro atoms. The summed E-state index contributed by atoms with van der Waals surface area (Å²) in [5.41, 5.74) is 1.34. The van der Waals surface area contributed by atoms with Crippen molar-refractivity contribution in [2.45, 2.75) is 6.54 Å². The molecule has 0 aliphatic rings. The Hall–Kier alpha value is -2.44. The van der Waals surface area contributed by atoms with E-state index in [1.54, 1.807) is 24.3 Å². The Labute approximate surface area is 147 Å².